The molecule has 6 nitrogen and oxygen atoms in total. The Labute approximate surface area is 505 Å². The quantitative estimate of drug-likeness (QED) is 0.0261. The van der Waals surface area contributed by atoms with Crippen LogP contribution in [-0.4, -0.2) is 37.2 Å². The van der Waals surface area contributed by atoms with E-state index in [1.165, 1.54) is 83.5 Å². The molecule has 0 saturated carbocycles. The van der Waals surface area contributed by atoms with Crippen molar-refractivity contribution in [3.8, 4) is 0 Å². The molecule has 0 spiro atoms. The molecule has 0 aromatic rings. The molecule has 82 heavy (non-hydrogen) atoms. The zero-order valence-corrected chi connectivity index (χ0v) is 52.9. The summed E-state index contributed by atoms with van der Waals surface area (Å²) in [7, 11) is 0. The number of unbranched alkanes of at least 4 members (excludes halogenated alkanes) is 22. The Morgan fingerprint density at radius 1 is 0.256 bits per heavy atom. The van der Waals surface area contributed by atoms with Crippen LogP contribution in [0.15, 0.2) is 158 Å². The number of carbonyl (C=O) groups excluding carboxylic acids is 3. The van der Waals surface area contributed by atoms with Crippen LogP contribution in [0.5, 0.6) is 0 Å². The predicted octanol–water partition coefficient (Wildman–Crippen LogP) is 23.3. The fourth-order valence-electron chi connectivity index (χ4n) is 8.84. The van der Waals surface area contributed by atoms with Gasteiger partial charge >= 0.3 is 17.9 Å². The molecular weight excluding hydrogens is 1010 g/mol. The SMILES string of the molecule is CC/C=C\C/C=C\C/C=C\C/C=C\C/C=C\C/C=C\C/C=C\CCCCCCCCCCCC(=O)OCC(COC(=O)CCCCCCCCCCCC)OC(=O)CCCCCC/C=C\C/C=C\C/C=C\C/C=C\C/C=C\C/C=C\CC. The van der Waals surface area contributed by atoms with Crippen LogP contribution < -0.4 is 0 Å². The van der Waals surface area contributed by atoms with Gasteiger partial charge in [0.1, 0.15) is 13.2 Å². The molecule has 0 saturated heterocycles. The maximum atomic E-state index is 12.9. The van der Waals surface area contributed by atoms with E-state index in [0.29, 0.717) is 19.3 Å². The van der Waals surface area contributed by atoms with Crippen LogP contribution in [-0.2, 0) is 28.6 Å². The second-order valence-electron chi connectivity index (χ2n) is 21.6. The van der Waals surface area contributed by atoms with Gasteiger partial charge in [0.25, 0.3) is 0 Å². The molecule has 0 bridgehead atoms. The molecule has 0 aromatic carbocycles. The first-order chi connectivity index (χ1) is 40.5. The summed E-state index contributed by atoms with van der Waals surface area (Å²) in [5.41, 5.74) is 0. The van der Waals surface area contributed by atoms with Crippen molar-refractivity contribution in [2.45, 2.75) is 290 Å². The zero-order valence-electron chi connectivity index (χ0n) is 52.9. The number of hydrogen-bond acceptors (Lipinski definition) is 6. The van der Waals surface area contributed by atoms with Crippen molar-refractivity contribution in [1.82, 2.24) is 0 Å². The van der Waals surface area contributed by atoms with E-state index in [-0.39, 0.29) is 31.1 Å². The molecule has 462 valence electrons. The number of ether oxygens (including phenoxy) is 3. The number of rotatable bonds is 59. The van der Waals surface area contributed by atoms with Crippen molar-refractivity contribution >= 4 is 17.9 Å². The smallest absolute Gasteiger partial charge is 0.306 e. The number of esters is 3. The van der Waals surface area contributed by atoms with Crippen molar-refractivity contribution < 1.29 is 28.6 Å². The Morgan fingerprint density at radius 2 is 0.476 bits per heavy atom. The average Bonchev–Trinajstić information content (AvgIpc) is 3.47. The lowest BCUT2D eigenvalue weighted by atomic mass is 10.1. The number of allylic oxidation sites excluding steroid dienone is 26. The van der Waals surface area contributed by atoms with E-state index in [9.17, 15) is 14.4 Å². The zero-order chi connectivity index (χ0) is 59.2. The molecule has 0 amide bonds. The highest BCUT2D eigenvalue weighted by Gasteiger charge is 2.19. The standard InChI is InChI=1S/C76H122O6/c1-4-7-10-13-16-19-22-24-26-28-30-32-34-35-36-37-38-39-40-41-43-44-46-48-50-52-54-57-60-63-66-69-75(78)81-72-73(71-80-74(77)68-65-62-59-56-21-18-15-12-9-6-3)82-76(79)70-67-64-61-58-55-53-51-49-47-45-42-33-31-29-27-25-23-20-17-14-11-8-5-2/h7-8,10-11,16-17,19-20,24-27,30-33,35-36,38-39,41,43,45,47,51,53,73H,4-6,9,12-15,18,21-23,28-29,34,37,40,42,44,46,48-50,52,54-72H2,1-3H3/b10-7-,11-8-,19-16-,20-17-,26-24-,27-25-,32-30-,33-31-,36-35-,39-38-,43-41-,47-45-,53-51-. The first-order valence-corrected chi connectivity index (χ1v) is 33.5. The monoisotopic (exact) mass is 1130 g/mol. The summed E-state index contributed by atoms with van der Waals surface area (Å²) < 4.78 is 16.9. The first-order valence-electron chi connectivity index (χ1n) is 33.5. The summed E-state index contributed by atoms with van der Waals surface area (Å²) in [4.78, 5) is 38.3. The third-order valence-corrected chi connectivity index (χ3v) is 13.8. The Balaban J connectivity index is 4.31. The van der Waals surface area contributed by atoms with Gasteiger partial charge < -0.3 is 14.2 Å². The molecule has 0 aliphatic carbocycles. The third kappa shape index (κ3) is 65.8. The minimum absolute atomic E-state index is 0.0939. The van der Waals surface area contributed by atoms with Crippen LogP contribution >= 0.6 is 0 Å². The van der Waals surface area contributed by atoms with Crippen molar-refractivity contribution in [3.05, 3.63) is 158 Å². The lowest BCUT2D eigenvalue weighted by molar-refractivity contribution is -0.167. The Hall–Kier alpha value is -4.97. The summed E-state index contributed by atoms with van der Waals surface area (Å²) in [6.07, 6.45) is 99.7. The van der Waals surface area contributed by atoms with E-state index in [1.54, 1.807) is 0 Å². The van der Waals surface area contributed by atoms with Crippen LogP contribution in [0.1, 0.15) is 284 Å². The van der Waals surface area contributed by atoms with Gasteiger partial charge in [-0.1, -0.05) is 294 Å². The van der Waals surface area contributed by atoms with E-state index in [2.05, 4.69) is 179 Å². The van der Waals surface area contributed by atoms with Crippen LogP contribution in [0.25, 0.3) is 0 Å². The Kier molecular flexibility index (Phi) is 64.4. The molecule has 0 radical (unpaired) electrons. The maximum absolute atomic E-state index is 12.9. The normalized spacial score (nSPS) is 13.2. The Bertz CT molecular complexity index is 1830. The van der Waals surface area contributed by atoms with Crippen molar-refractivity contribution in [2.75, 3.05) is 13.2 Å². The summed E-state index contributed by atoms with van der Waals surface area (Å²) in [5, 5.41) is 0. The van der Waals surface area contributed by atoms with Gasteiger partial charge in [-0.25, -0.2) is 0 Å². The second kappa shape index (κ2) is 68.5. The lowest BCUT2D eigenvalue weighted by Gasteiger charge is -2.18. The molecule has 0 N–H and O–H groups in total. The molecule has 0 fully saturated rings. The minimum Gasteiger partial charge on any atom is -0.462 e. The average molecular weight is 1130 g/mol. The predicted molar refractivity (Wildman–Crippen MR) is 357 cm³/mol. The van der Waals surface area contributed by atoms with Crippen LogP contribution in [0.2, 0.25) is 0 Å². The fraction of sp³-hybridized carbons (Fsp3) is 0.618. The van der Waals surface area contributed by atoms with E-state index < -0.39 is 6.10 Å². The highest BCUT2D eigenvalue weighted by molar-refractivity contribution is 5.71. The van der Waals surface area contributed by atoms with Gasteiger partial charge in [-0.2, -0.15) is 0 Å². The van der Waals surface area contributed by atoms with Crippen LogP contribution in [0.4, 0.5) is 0 Å². The van der Waals surface area contributed by atoms with Gasteiger partial charge in [0.2, 0.25) is 0 Å². The largest absolute Gasteiger partial charge is 0.462 e. The minimum atomic E-state index is -0.800. The molecule has 0 aliphatic heterocycles. The molecule has 0 aliphatic rings. The van der Waals surface area contributed by atoms with Gasteiger partial charge in [-0.05, 0) is 128 Å². The van der Waals surface area contributed by atoms with Crippen molar-refractivity contribution in [3.63, 3.8) is 0 Å². The lowest BCUT2D eigenvalue weighted by Crippen LogP contribution is -2.30. The van der Waals surface area contributed by atoms with Crippen LogP contribution in [0, 0.1) is 0 Å². The van der Waals surface area contributed by atoms with Gasteiger partial charge in [-0.3, -0.25) is 14.4 Å². The summed E-state index contributed by atoms with van der Waals surface area (Å²) in [6.45, 7) is 6.38. The van der Waals surface area contributed by atoms with Gasteiger partial charge in [0.15, 0.2) is 6.10 Å². The maximum Gasteiger partial charge on any atom is 0.306 e. The van der Waals surface area contributed by atoms with Gasteiger partial charge in [0.05, 0.1) is 0 Å². The molecule has 0 aromatic heterocycles. The molecule has 0 heterocycles. The van der Waals surface area contributed by atoms with E-state index >= 15 is 0 Å². The second-order valence-corrected chi connectivity index (χ2v) is 21.6. The topological polar surface area (TPSA) is 78.9 Å². The van der Waals surface area contributed by atoms with Crippen molar-refractivity contribution in [1.29, 1.82) is 0 Å². The highest BCUT2D eigenvalue weighted by atomic mass is 16.6. The number of hydrogen-bond donors (Lipinski definition) is 0. The van der Waals surface area contributed by atoms with E-state index in [0.717, 1.165) is 161 Å². The first kappa shape index (κ1) is 77.0. The van der Waals surface area contributed by atoms with Gasteiger partial charge in [-0.15, -0.1) is 0 Å². The van der Waals surface area contributed by atoms with Crippen molar-refractivity contribution in [2.24, 2.45) is 0 Å². The molecule has 0 rings (SSSR count). The van der Waals surface area contributed by atoms with Crippen LogP contribution in [0.3, 0.4) is 0 Å². The van der Waals surface area contributed by atoms with E-state index in [4.69, 9.17) is 14.2 Å². The molecule has 1 atom stereocenters. The fourth-order valence-corrected chi connectivity index (χ4v) is 8.84. The van der Waals surface area contributed by atoms with Gasteiger partial charge in [0, 0.05) is 19.3 Å². The third-order valence-electron chi connectivity index (χ3n) is 13.8. The number of carbonyl (C=O) groups is 3. The highest BCUT2D eigenvalue weighted by Crippen LogP contribution is 2.15. The Morgan fingerprint density at radius 3 is 0.744 bits per heavy atom. The summed E-state index contributed by atoms with van der Waals surface area (Å²) >= 11 is 0. The molecule has 1 unspecified atom stereocenters. The molecular formula is C76H122O6. The molecule has 6 heteroatoms. The summed E-state index contributed by atoms with van der Waals surface area (Å²) in [6, 6.07) is 0. The summed E-state index contributed by atoms with van der Waals surface area (Å²) in [5.74, 6) is -0.927. The van der Waals surface area contributed by atoms with E-state index in [1.807, 2.05) is 0 Å².